The molecule has 1 aliphatic rings. The molecular weight excluding hydrogens is 216 g/mol. The minimum absolute atomic E-state index is 0.0558. The highest BCUT2D eigenvalue weighted by Crippen LogP contribution is 2.13. The maximum absolute atomic E-state index is 12.2. The van der Waals surface area contributed by atoms with Crippen LogP contribution in [0.5, 0.6) is 5.75 Å². The highest BCUT2D eigenvalue weighted by molar-refractivity contribution is 5.94. The predicted molar refractivity (Wildman–Crippen MR) is 66.1 cm³/mol. The molecule has 1 aromatic carbocycles. The molecule has 1 amide bonds. The van der Waals surface area contributed by atoms with Crippen molar-refractivity contribution in [3.8, 4) is 5.75 Å². The zero-order valence-corrected chi connectivity index (χ0v) is 10.1. The summed E-state index contributed by atoms with van der Waals surface area (Å²) in [7, 11) is 2.08. The number of hydrogen-bond donors (Lipinski definition) is 1. The molecule has 0 aliphatic carbocycles. The zero-order valence-electron chi connectivity index (χ0n) is 10.1. The summed E-state index contributed by atoms with van der Waals surface area (Å²) in [6, 6.07) is 6.45. The van der Waals surface area contributed by atoms with Crippen LogP contribution in [0.2, 0.25) is 0 Å². The minimum atomic E-state index is 0.0558. The molecule has 0 radical (unpaired) electrons. The van der Waals surface area contributed by atoms with Crippen molar-refractivity contribution in [3.05, 3.63) is 29.8 Å². The average molecular weight is 234 g/mol. The van der Waals surface area contributed by atoms with E-state index in [1.807, 2.05) is 4.90 Å². The van der Waals surface area contributed by atoms with Crippen molar-refractivity contribution in [2.24, 2.45) is 0 Å². The van der Waals surface area contributed by atoms with Crippen LogP contribution in [0, 0.1) is 0 Å². The second-order valence-electron chi connectivity index (χ2n) is 4.50. The van der Waals surface area contributed by atoms with Crippen molar-refractivity contribution in [2.45, 2.75) is 6.42 Å². The Hall–Kier alpha value is -1.55. The standard InChI is InChI=1S/C13H18N2O2/c1-14-7-2-8-15(10-9-14)13(17)11-3-5-12(16)6-4-11/h3-6,16H,2,7-10H2,1H3. The van der Waals surface area contributed by atoms with Crippen LogP contribution in [-0.4, -0.2) is 54.0 Å². The quantitative estimate of drug-likeness (QED) is 0.793. The third-order valence-corrected chi connectivity index (χ3v) is 3.12. The van der Waals surface area contributed by atoms with Gasteiger partial charge in [0.25, 0.3) is 5.91 Å². The van der Waals surface area contributed by atoms with Crippen LogP contribution < -0.4 is 0 Å². The maximum Gasteiger partial charge on any atom is 0.253 e. The molecule has 4 heteroatoms. The molecule has 0 spiro atoms. The Morgan fingerprint density at radius 1 is 1.12 bits per heavy atom. The summed E-state index contributed by atoms with van der Waals surface area (Å²) in [6.45, 7) is 3.55. The van der Waals surface area contributed by atoms with Crippen molar-refractivity contribution in [3.63, 3.8) is 0 Å². The van der Waals surface area contributed by atoms with Gasteiger partial charge in [0.05, 0.1) is 0 Å². The summed E-state index contributed by atoms with van der Waals surface area (Å²) in [5, 5.41) is 9.20. The van der Waals surface area contributed by atoms with Gasteiger partial charge in [-0.2, -0.15) is 0 Å². The van der Waals surface area contributed by atoms with Gasteiger partial charge in [-0.25, -0.2) is 0 Å². The molecule has 4 nitrogen and oxygen atoms in total. The predicted octanol–water partition coefficient (Wildman–Crippen LogP) is 1.17. The lowest BCUT2D eigenvalue weighted by atomic mass is 10.2. The number of phenolic OH excluding ortho intramolecular Hbond substituents is 1. The van der Waals surface area contributed by atoms with E-state index in [4.69, 9.17) is 0 Å². The Morgan fingerprint density at radius 2 is 1.82 bits per heavy atom. The fourth-order valence-electron chi connectivity index (χ4n) is 2.04. The molecule has 0 saturated carbocycles. The first-order chi connectivity index (χ1) is 8.16. The number of rotatable bonds is 1. The van der Waals surface area contributed by atoms with E-state index in [-0.39, 0.29) is 11.7 Å². The van der Waals surface area contributed by atoms with Crippen molar-refractivity contribution >= 4 is 5.91 Å². The van der Waals surface area contributed by atoms with E-state index in [9.17, 15) is 9.90 Å². The number of aromatic hydroxyl groups is 1. The molecule has 1 heterocycles. The van der Waals surface area contributed by atoms with Crippen LogP contribution in [-0.2, 0) is 0 Å². The van der Waals surface area contributed by atoms with E-state index in [0.717, 1.165) is 32.6 Å². The van der Waals surface area contributed by atoms with Gasteiger partial charge in [0.15, 0.2) is 0 Å². The lowest BCUT2D eigenvalue weighted by molar-refractivity contribution is 0.0763. The van der Waals surface area contributed by atoms with Crippen molar-refractivity contribution in [1.82, 2.24) is 9.80 Å². The Bertz CT molecular complexity index is 389. The molecule has 2 rings (SSSR count). The van der Waals surface area contributed by atoms with Crippen LogP contribution in [0.3, 0.4) is 0 Å². The van der Waals surface area contributed by atoms with E-state index in [1.165, 1.54) is 0 Å². The summed E-state index contributed by atoms with van der Waals surface area (Å²) in [5.74, 6) is 0.248. The highest BCUT2D eigenvalue weighted by Gasteiger charge is 2.18. The van der Waals surface area contributed by atoms with Gasteiger partial charge in [0.2, 0.25) is 0 Å². The number of phenols is 1. The zero-order chi connectivity index (χ0) is 12.3. The van der Waals surface area contributed by atoms with Gasteiger partial charge in [0, 0.05) is 25.2 Å². The molecule has 0 bridgehead atoms. The monoisotopic (exact) mass is 234 g/mol. The van der Waals surface area contributed by atoms with Gasteiger partial charge in [-0.15, -0.1) is 0 Å². The molecule has 1 aromatic rings. The fraction of sp³-hybridized carbons (Fsp3) is 0.462. The molecule has 1 fully saturated rings. The molecule has 0 unspecified atom stereocenters. The average Bonchev–Trinajstić information content (AvgIpc) is 2.54. The molecule has 1 saturated heterocycles. The van der Waals surface area contributed by atoms with Gasteiger partial charge in [-0.3, -0.25) is 4.79 Å². The topological polar surface area (TPSA) is 43.8 Å². The van der Waals surface area contributed by atoms with Crippen molar-refractivity contribution in [2.75, 3.05) is 33.2 Å². The summed E-state index contributed by atoms with van der Waals surface area (Å²) < 4.78 is 0. The molecular formula is C13H18N2O2. The van der Waals surface area contributed by atoms with Gasteiger partial charge in [0.1, 0.15) is 5.75 Å². The van der Waals surface area contributed by atoms with Gasteiger partial charge in [-0.05, 0) is 44.3 Å². The van der Waals surface area contributed by atoms with Crippen LogP contribution >= 0.6 is 0 Å². The Kier molecular flexibility index (Phi) is 3.64. The first kappa shape index (κ1) is 11.9. The lowest BCUT2D eigenvalue weighted by Gasteiger charge is -2.20. The number of likely N-dealkylation sites (N-methyl/N-ethyl adjacent to an activating group) is 1. The molecule has 0 aromatic heterocycles. The first-order valence-corrected chi connectivity index (χ1v) is 5.93. The van der Waals surface area contributed by atoms with Crippen LogP contribution in [0.15, 0.2) is 24.3 Å². The van der Waals surface area contributed by atoms with E-state index >= 15 is 0 Å². The number of amides is 1. The Morgan fingerprint density at radius 3 is 2.53 bits per heavy atom. The summed E-state index contributed by atoms with van der Waals surface area (Å²) in [5.41, 5.74) is 0.646. The summed E-state index contributed by atoms with van der Waals surface area (Å²) >= 11 is 0. The second-order valence-corrected chi connectivity index (χ2v) is 4.50. The molecule has 0 atom stereocenters. The molecule has 1 aliphatic heterocycles. The number of carbonyl (C=O) groups is 1. The van der Waals surface area contributed by atoms with Crippen LogP contribution in [0.25, 0.3) is 0 Å². The third-order valence-electron chi connectivity index (χ3n) is 3.12. The first-order valence-electron chi connectivity index (χ1n) is 5.93. The lowest BCUT2D eigenvalue weighted by Crippen LogP contribution is -2.34. The number of carbonyl (C=O) groups excluding carboxylic acids is 1. The van der Waals surface area contributed by atoms with Crippen molar-refractivity contribution < 1.29 is 9.90 Å². The van der Waals surface area contributed by atoms with Gasteiger partial charge >= 0.3 is 0 Å². The fourth-order valence-corrected chi connectivity index (χ4v) is 2.04. The van der Waals surface area contributed by atoms with E-state index in [2.05, 4.69) is 11.9 Å². The highest BCUT2D eigenvalue weighted by atomic mass is 16.3. The van der Waals surface area contributed by atoms with E-state index < -0.39 is 0 Å². The van der Waals surface area contributed by atoms with E-state index in [0.29, 0.717) is 5.56 Å². The summed E-state index contributed by atoms with van der Waals surface area (Å²) in [4.78, 5) is 16.3. The van der Waals surface area contributed by atoms with E-state index in [1.54, 1.807) is 24.3 Å². The number of nitrogens with zero attached hydrogens (tertiary/aromatic N) is 2. The number of benzene rings is 1. The number of hydrogen-bond acceptors (Lipinski definition) is 3. The Balaban J connectivity index is 2.06. The maximum atomic E-state index is 12.2. The molecule has 92 valence electrons. The van der Waals surface area contributed by atoms with Gasteiger partial charge < -0.3 is 14.9 Å². The van der Waals surface area contributed by atoms with Gasteiger partial charge in [-0.1, -0.05) is 0 Å². The molecule has 1 N–H and O–H groups in total. The minimum Gasteiger partial charge on any atom is -0.508 e. The third kappa shape index (κ3) is 2.97. The Labute approximate surface area is 101 Å². The van der Waals surface area contributed by atoms with Crippen molar-refractivity contribution in [1.29, 1.82) is 0 Å². The largest absolute Gasteiger partial charge is 0.508 e. The normalized spacial score (nSPS) is 17.8. The second kappa shape index (κ2) is 5.19. The smallest absolute Gasteiger partial charge is 0.253 e. The SMILES string of the molecule is CN1CCCN(C(=O)c2ccc(O)cc2)CC1. The summed E-state index contributed by atoms with van der Waals surface area (Å²) in [6.07, 6.45) is 1.01. The van der Waals surface area contributed by atoms with Crippen LogP contribution in [0.1, 0.15) is 16.8 Å². The molecule has 17 heavy (non-hydrogen) atoms. The van der Waals surface area contributed by atoms with Crippen LogP contribution in [0.4, 0.5) is 0 Å².